The van der Waals surface area contributed by atoms with Crippen LogP contribution in [0.1, 0.15) is 55.4 Å². The second kappa shape index (κ2) is 15.0. The zero-order chi connectivity index (χ0) is 39.2. The molecule has 8 aromatic rings. The van der Waals surface area contributed by atoms with Crippen molar-refractivity contribution in [2.45, 2.75) is 77.8 Å². The summed E-state index contributed by atoms with van der Waals surface area (Å²) in [6.45, 7) is 16.4. The van der Waals surface area contributed by atoms with Gasteiger partial charge in [-0.2, -0.15) is 35.0 Å². The first-order valence-electron chi connectivity index (χ1n) is 16.5. The van der Waals surface area contributed by atoms with Crippen LogP contribution in [0.3, 0.4) is 0 Å². The molecule has 55 heavy (non-hydrogen) atoms. The average molecular weight is 1120 g/mol. The van der Waals surface area contributed by atoms with Gasteiger partial charge in [-0.3, -0.25) is 0 Å². The molecule has 0 aliphatic carbocycles. The Morgan fingerprint density at radius 2 is 0.673 bits per heavy atom. The summed E-state index contributed by atoms with van der Waals surface area (Å²) in [7, 11) is -1.10. The van der Waals surface area contributed by atoms with E-state index in [1.807, 2.05) is 67.5 Å². The Balaban J connectivity index is 0.000000170. The molecular formula is C32H28B2Br4CuN8O4S4. The number of aromatic nitrogens is 8. The van der Waals surface area contributed by atoms with E-state index >= 15 is 0 Å². The van der Waals surface area contributed by atoms with Crippen LogP contribution in [0.25, 0.3) is 65.7 Å². The van der Waals surface area contributed by atoms with E-state index in [4.69, 9.17) is 18.6 Å². The molecule has 2 fully saturated rings. The van der Waals surface area contributed by atoms with Gasteiger partial charge in [0.25, 0.3) is 0 Å². The van der Waals surface area contributed by atoms with E-state index in [1.165, 1.54) is 58.3 Å². The van der Waals surface area contributed by atoms with E-state index < -0.39 is 36.6 Å². The summed E-state index contributed by atoms with van der Waals surface area (Å²) in [5.74, 6) is 0. The molecule has 2 aliphatic rings. The molecule has 0 N–H and O–H groups in total. The SMILES string of the molecule is Brc1cc2c(cc(Br)c3nsnc32)c2nsnc12.CC1(C)OB(c2cc3c(cc(B4OC(C)(C)C(C)(C)O4)c4nsnc43)c3nsnc23)OC1(C)C.[Br][Cu][Br]. The van der Waals surface area contributed by atoms with Gasteiger partial charge in [-0.25, -0.2) is 0 Å². The van der Waals surface area contributed by atoms with Crippen LogP contribution < -0.4 is 10.9 Å². The summed E-state index contributed by atoms with van der Waals surface area (Å²) in [4.78, 5) is 0. The minimum absolute atomic E-state index is 0.458. The predicted molar refractivity (Wildman–Crippen MR) is 236 cm³/mol. The second-order valence-corrected chi connectivity index (χ2v) is 23.5. The van der Waals surface area contributed by atoms with Gasteiger partial charge in [-0.1, -0.05) is 0 Å². The molecule has 10 rings (SSSR count). The predicted octanol–water partition coefficient (Wildman–Crippen LogP) is 9.51. The molecule has 0 unspecified atom stereocenters. The van der Waals surface area contributed by atoms with E-state index in [1.54, 1.807) is 0 Å². The van der Waals surface area contributed by atoms with Gasteiger partial charge < -0.3 is 18.6 Å². The van der Waals surface area contributed by atoms with Crippen molar-refractivity contribution >= 4 is 198 Å². The summed E-state index contributed by atoms with van der Waals surface area (Å²) < 4.78 is 63.3. The number of halogens is 4. The van der Waals surface area contributed by atoms with Gasteiger partial charge in [-0.15, -0.1) is 0 Å². The van der Waals surface area contributed by atoms with Crippen molar-refractivity contribution in [3.8, 4) is 0 Å². The van der Waals surface area contributed by atoms with E-state index in [0.29, 0.717) is 0 Å². The Kier molecular flexibility index (Phi) is 11.1. The quantitative estimate of drug-likeness (QED) is 0.152. The third-order valence-electron chi connectivity index (χ3n) is 10.7. The number of fused-ring (bicyclic) bond motifs is 10. The van der Waals surface area contributed by atoms with Crippen LogP contribution in [0, 0.1) is 0 Å². The van der Waals surface area contributed by atoms with Crippen LogP contribution in [-0.2, 0) is 30.0 Å². The third kappa shape index (κ3) is 6.96. The summed E-state index contributed by atoms with van der Waals surface area (Å²) in [5.41, 5.74) is 6.60. The van der Waals surface area contributed by atoms with Crippen molar-refractivity contribution in [1.29, 1.82) is 0 Å². The summed E-state index contributed by atoms with van der Waals surface area (Å²) in [5, 5.41) is 3.98. The summed E-state index contributed by atoms with van der Waals surface area (Å²) >= 11 is 19.2. The monoisotopic (exact) mass is 1120 g/mol. The van der Waals surface area contributed by atoms with Crippen molar-refractivity contribution in [3.05, 3.63) is 33.2 Å². The molecule has 6 heterocycles. The van der Waals surface area contributed by atoms with Crippen LogP contribution in [0.4, 0.5) is 0 Å². The fourth-order valence-electron chi connectivity index (χ4n) is 6.39. The fourth-order valence-corrected chi connectivity index (χ4v) is 9.94. The van der Waals surface area contributed by atoms with Crippen LogP contribution in [0.15, 0.2) is 33.2 Å². The molecule has 4 aromatic carbocycles. The molecule has 0 amide bonds. The maximum atomic E-state index is 6.36. The molecular weight excluding hydrogens is 1090 g/mol. The first kappa shape index (κ1) is 40.9. The topological polar surface area (TPSA) is 140 Å². The Labute approximate surface area is 370 Å². The number of hydrogen-bond donors (Lipinski definition) is 0. The molecule has 0 spiro atoms. The molecule has 12 nitrogen and oxygen atoms in total. The van der Waals surface area contributed by atoms with Crippen LogP contribution >= 0.6 is 107 Å². The number of rotatable bonds is 2. The van der Waals surface area contributed by atoms with E-state index in [2.05, 4.69) is 107 Å². The van der Waals surface area contributed by atoms with Gasteiger partial charge in [-0.05, 0) is 112 Å². The third-order valence-corrected chi connectivity index (χ3v) is 14.0. The zero-order valence-electron chi connectivity index (χ0n) is 30.1. The van der Waals surface area contributed by atoms with Gasteiger partial charge in [0.05, 0.1) is 69.3 Å². The van der Waals surface area contributed by atoms with Crippen molar-refractivity contribution in [2.75, 3.05) is 0 Å². The van der Waals surface area contributed by atoms with E-state index in [-0.39, 0.29) is 0 Å². The van der Waals surface area contributed by atoms with Crippen molar-refractivity contribution in [3.63, 3.8) is 0 Å². The van der Waals surface area contributed by atoms with E-state index in [9.17, 15) is 0 Å². The molecule has 2 saturated heterocycles. The van der Waals surface area contributed by atoms with E-state index in [0.717, 1.165) is 85.5 Å². The average Bonchev–Trinajstić information content (AvgIpc) is 3.95. The molecule has 23 heteroatoms. The minimum atomic E-state index is -0.551. The summed E-state index contributed by atoms with van der Waals surface area (Å²) in [6.07, 6.45) is 0. The van der Waals surface area contributed by atoms with Crippen molar-refractivity contribution < 1.29 is 30.0 Å². The Hall–Kier alpha value is -0.911. The fraction of sp³-hybridized carbons (Fsp3) is 0.375. The van der Waals surface area contributed by atoms with Crippen LogP contribution in [0.2, 0.25) is 0 Å². The second-order valence-electron chi connectivity index (χ2n) is 14.9. The Bertz CT molecular complexity index is 2570. The Morgan fingerprint density at radius 1 is 0.436 bits per heavy atom. The first-order chi connectivity index (χ1) is 26.0. The van der Waals surface area contributed by atoms with Gasteiger partial charge in [0.2, 0.25) is 0 Å². The van der Waals surface area contributed by atoms with Crippen molar-refractivity contribution in [2.24, 2.45) is 0 Å². The molecule has 2 aliphatic heterocycles. The molecule has 0 bridgehead atoms. The van der Waals surface area contributed by atoms with Gasteiger partial charge in [0.15, 0.2) is 0 Å². The van der Waals surface area contributed by atoms with Gasteiger partial charge >= 0.3 is 53.8 Å². The molecule has 4 aromatic heterocycles. The van der Waals surface area contributed by atoms with Crippen LogP contribution in [-0.4, -0.2) is 71.6 Å². The molecule has 0 radical (unpaired) electrons. The van der Waals surface area contributed by atoms with Crippen molar-refractivity contribution in [1.82, 2.24) is 35.0 Å². The summed E-state index contributed by atoms with van der Waals surface area (Å²) in [6, 6.07) is 8.21. The molecule has 0 atom stereocenters. The molecule has 0 saturated carbocycles. The number of hydrogen-bond acceptors (Lipinski definition) is 16. The van der Waals surface area contributed by atoms with Gasteiger partial charge in [0.1, 0.15) is 44.1 Å². The van der Waals surface area contributed by atoms with Crippen LogP contribution in [0.5, 0.6) is 0 Å². The first-order valence-corrected chi connectivity index (χ1v) is 25.7. The zero-order valence-corrected chi connectivity index (χ0v) is 40.7. The normalized spacial score (nSPS) is 18.5. The molecule has 289 valence electrons. The Morgan fingerprint density at radius 3 is 0.982 bits per heavy atom. The number of benzene rings is 4. The van der Waals surface area contributed by atoms with Gasteiger partial charge in [0, 0.05) is 41.4 Å². The standard InChI is InChI=1S/C22H26B2N4O4S2.C10H2Br2N4S2.2BrH.Cu/c1-19(2)20(3,4)30-23(29-19)13-9-11-12(15-17(13)27-33-25-15)10-14(18-16(11)26-34-28-18)24-31-21(5,6)22(7,8)32-24;11-5-1-3-4(8-9(5)15-18-14-8)2-6(12)10-7(3)13-17-16-10;;;/h9-10H,1-8H3;1-2H;2*1H;/q;;;;+2/p-2. The maximum absolute atomic E-state index is 6.36. The number of nitrogens with zero attached hydrogens (tertiary/aromatic N) is 8.